The zero-order valence-electron chi connectivity index (χ0n) is 13.7. The lowest BCUT2D eigenvalue weighted by atomic mass is 9.83. The number of amides is 2. The van der Waals surface area contributed by atoms with Crippen LogP contribution in [0.1, 0.15) is 53.9 Å². The highest BCUT2D eigenvalue weighted by Crippen LogP contribution is 2.40. The third-order valence-electron chi connectivity index (χ3n) is 3.56. The summed E-state index contributed by atoms with van der Waals surface area (Å²) in [6.45, 7) is 8.87. The summed E-state index contributed by atoms with van der Waals surface area (Å²) in [5, 5.41) is 0. The summed E-state index contributed by atoms with van der Waals surface area (Å²) in [6, 6.07) is -0.908. The van der Waals surface area contributed by atoms with Gasteiger partial charge < -0.3 is 9.47 Å². The Balaban J connectivity index is 3.09. The standard InChI is InChI=1S/C15H25NO5/c1-7-8-15(5)9-10(11(17)20-6)16(12(15)18)13(19)21-14(2,3)4/h10H,7-9H2,1-6H3/t10-,15-/m0/s1. The number of likely N-dealkylation sites (tertiary alicyclic amines) is 1. The van der Waals surface area contributed by atoms with Crippen LogP contribution < -0.4 is 0 Å². The van der Waals surface area contributed by atoms with Gasteiger partial charge in [-0.25, -0.2) is 14.5 Å². The van der Waals surface area contributed by atoms with Gasteiger partial charge in [-0.1, -0.05) is 20.3 Å². The molecule has 0 saturated carbocycles. The molecule has 1 saturated heterocycles. The Morgan fingerprint density at radius 2 is 1.95 bits per heavy atom. The van der Waals surface area contributed by atoms with Gasteiger partial charge in [0.1, 0.15) is 11.6 Å². The van der Waals surface area contributed by atoms with Crippen LogP contribution in [0.15, 0.2) is 0 Å². The van der Waals surface area contributed by atoms with Gasteiger partial charge in [0.2, 0.25) is 5.91 Å². The van der Waals surface area contributed by atoms with Crippen molar-refractivity contribution >= 4 is 18.0 Å². The smallest absolute Gasteiger partial charge is 0.417 e. The number of rotatable bonds is 3. The second kappa shape index (κ2) is 6.03. The molecule has 120 valence electrons. The van der Waals surface area contributed by atoms with Gasteiger partial charge in [0, 0.05) is 5.41 Å². The maximum Gasteiger partial charge on any atom is 0.417 e. The largest absolute Gasteiger partial charge is 0.467 e. The minimum Gasteiger partial charge on any atom is -0.467 e. The summed E-state index contributed by atoms with van der Waals surface area (Å²) < 4.78 is 9.97. The molecular weight excluding hydrogens is 274 g/mol. The number of hydrogen-bond acceptors (Lipinski definition) is 5. The Bertz CT molecular complexity index is 440. The van der Waals surface area contributed by atoms with Crippen molar-refractivity contribution in [2.24, 2.45) is 5.41 Å². The molecule has 0 aromatic rings. The van der Waals surface area contributed by atoms with Gasteiger partial charge in [-0.15, -0.1) is 0 Å². The van der Waals surface area contributed by atoms with E-state index in [1.54, 1.807) is 27.7 Å². The number of esters is 1. The third-order valence-corrected chi connectivity index (χ3v) is 3.56. The first-order valence-electron chi connectivity index (χ1n) is 7.20. The lowest BCUT2D eigenvalue weighted by Crippen LogP contribution is -2.46. The molecule has 6 nitrogen and oxygen atoms in total. The van der Waals surface area contributed by atoms with Crippen LogP contribution in [0.25, 0.3) is 0 Å². The zero-order chi connectivity index (χ0) is 16.4. The Labute approximate surface area is 125 Å². The molecule has 1 fully saturated rings. The van der Waals surface area contributed by atoms with Crippen LogP contribution in [0.5, 0.6) is 0 Å². The summed E-state index contributed by atoms with van der Waals surface area (Å²) in [7, 11) is 1.25. The van der Waals surface area contributed by atoms with Crippen molar-refractivity contribution in [2.45, 2.75) is 65.5 Å². The Kier molecular flexibility index (Phi) is 5.02. The van der Waals surface area contributed by atoms with Crippen LogP contribution >= 0.6 is 0 Å². The van der Waals surface area contributed by atoms with Crippen LogP contribution in [-0.4, -0.2) is 41.6 Å². The van der Waals surface area contributed by atoms with E-state index in [1.165, 1.54) is 7.11 Å². The lowest BCUT2D eigenvalue weighted by molar-refractivity contribution is -0.149. The predicted octanol–water partition coefficient (Wildman–Crippen LogP) is 2.50. The summed E-state index contributed by atoms with van der Waals surface area (Å²) in [4.78, 5) is 37.7. The van der Waals surface area contributed by atoms with Crippen molar-refractivity contribution in [1.29, 1.82) is 0 Å². The quantitative estimate of drug-likeness (QED) is 0.749. The molecule has 0 spiro atoms. The van der Waals surface area contributed by atoms with E-state index < -0.39 is 29.1 Å². The average Bonchev–Trinajstić information content (AvgIpc) is 2.60. The summed E-state index contributed by atoms with van der Waals surface area (Å²) in [6.07, 6.45) is 0.880. The highest BCUT2D eigenvalue weighted by Gasteiger charge is 2.54. The lowest BCUT2D eigenvalue weighted by Gasteiger charge is -2.26. The van der Waals surface area contributed by atoms with Gasteiger partial charge in [-0.2, -0.15) is 0 Å². The first-order valence-corrected chi connectivity index (χ1v) is 7.20. The Morgan fingerprint density at radius 1 is 1.38 bits per heavy atom. The van der Waals surface area contributed by atoms with Gasteiger partial charge >= 0.3 is 12.1 Å². The van der Waals surface area contributed by atoms with Crippen molar-refractivity contribution in [3.8, 4) is 0 Å². The predicted molar refractivity (Wildman–Crippen MR) is 76.5 cm³/mol. The molecule has 1 aliphatic rings. The highest BCUT2D eigenvalue weighted by atomic mass is 16.6. The molecule has 0 aliphatic carbocycles. The Morgan fingerprint density at radius 3 is 2.38 bits per heavy atom. The van der Waals surface area contributed by atoms with E-state index in [2.05, 4.69) is 0 Å². The topological polar surface area (TPSA) is 72.9 Å². The minimum atomic E-state index is -0.908. The Hall–Kier alpha value is -1.59. The van der Waals surface area contributed by atoms with E-state index in [4.69, 9.17) is 9.47 Å². The van der Waals surface area contributed by atoms with Gasteiger partial charge in [0.25, 0.3) is 0 Å². The van der Waals surface area contributed by atoms with E-state index in [9.17, 15) is 14.4 Å². The molecule has 0 aromatic heterocycles. The number of ether oxygens (including phenoxy) is 2. The zero-order valence-corrected chi connectivity index (χ0v) is 13.7. The van der Waals surface area contributed by atoms with Crippen molar-refractivity contribution in [2.75, 3.05) is 7.11 Å². The fraction of sp³-hybridized carbons (Fsp3) is 0.800. The molecule has 2 atom stereocenters. The van der Waals surface area contributed by atoms with Crippen molar-refractivity contribution in [3.05, 3.63) is 0 Å². The molecule has 2 amide bonds. The number of carbonyl (C=O) groups excluding carboxylic acids is 3. The molecule has 0 unspecified atom stereocenters. The van der Waals surface area contributed by atoms with E-state index in [1.807, 2.05) is 6.92 Å². The van der Waals surface area contributed by atoms with Gasteiger partial charge in [0.15, 0.2) is 0 Å². The van der Waals surface area contributed by atoms with Crippen LogP contribution in [0.3, 0.4) is 0 Å². The van der Waals surface area contributed by atoms with E-state index in [0.29, 0.717) is 6.42 Å². The second-order valence-corrected chi connectivity index (χ2v) is 6.71. The first kappa shape index (κ1) is 17.5. The van der Waals surface area contributed by atoms with E-state index in [-0.39, 0.29) is 12.3 Å². The van der Waals surface area contributed by atoms with Crippen molar-refractivity contribution in [1.82, 2.24) is 4.90 Å². The summed E-state index contributed by atoms with van der Waals surface area (Å²) >= 11 is 0. The van der Waals surface area contributed by atoms with Gasteiger partial charge in [-0.3, -0.25) is 4.79 Å². The number of nitrogens with zero attached hydrogens (tertiary/aromatic N) is 1. The number of hydrogen-bond donors (Lipinski definition) is 0. The van der Waals surface area contributed by atoms with Crippen molar-refractivity contribution < 1.29 is 23.9 Å². The minimum absolute atomic E-state index is 0.269. The monoisotopic (exact) mass is 299 g/mol. The van der Waals surface area contributed by atoms with Crippen LogP contribution in [0.2, 0.25) is 0 Å². The van der Waals surface area contributed by atoms with Crippen LogP contribution in [-0.2, 0) is 19.1 Å². The average molecular weight is 299 g/mol. The maximum absolute atomic E-state index is 12.6. The number of imide groups is 1. The number of carbonyl (C=O) groups is 3. The normalized spacial score (nSPS) is 25.9. The fourth-order valence-corrected chi connectivity index (χ4v) is 2.64. The molecule has 1 heterocycles. The molecule has 1 rings (SSSR count). The molecule has 0 N–H and O–H groups in total. The maximum atomic E-state index is 12.6. The molecule has 0 aromatic carbocycles. The van der Waals surface area contributed by atoms with Crippen molar-refractivity contribution in [3.63, 3.8) is 0 Å². The molecule has 1 aliphatic heterocycles. The highest BCUT2D eigenvalue weighted by molar-refractivity contribution is 6.02. The van der Waals surface area contributed by atoms with Gasteiger partial charge in [0.05, 0.1) is 7.11 Å². The summed E-state index contributed by atoms with van der Waals surface area (Å²) in [5.74, 6) is -0.956. The third kappa shape index (κ3) is 3.74. The second-order valence-electron chi connectivity index (χ2n) is 6.71. The molecular formula is C15H25NO5. The van der Waals surface area contributed by atoms with Crippen LogP contribution in [0, 0.1) is 5.41 Å². The number of methoxy groups -OCH3 is 1. The molecule has 0 bridgehead atoms. The first-order chi connectivity index (χ1) is 9.55. The van der Waals surface area contributed by atoms with E-state index >= 15 is 0 Å². The molecule has 6 heteroatoms. The fourth-order valence-electron chi connectivity index (χ4n) is 2.64. The van der Waals surface area contributed by atoms with Crippen LogP contribution in [0.4, 0.5) is 4.79 Å². The molecule has 21 heavy (non-hydrogen) atoms. The van der Waals surface area contributed by atoms with E-state index in [0.717, 1.165) is 11.3 Å². The SMILES string of the molecule is CCC[C@@]1(C)C[C@@H](C(=O)OC)N(C(=O)OC(C)(C)C)C1=O. The molecule has 0 radical (unpaired) electrons. The summed E-state index contributed by atoms with van der Waals surface area (Å²) in [5.41, 5.74) is -1.47. The van der Waals surface area contributed by atoms with Gasteiger partial charge in [-0.05, 0) is 33.6 Å².